The van der Waals surface area contributed by atoms with Crippen LogP contribution in [-0.2, 0) is 14.3 Å². The van der Waals surface area contributed by atoms with E-state index in [1.807, 2.05) is 0 Å². The highest BCUT2D eigenvalue weighted by Gasteiger charge is 2.20. The molecular weight excluding hydrogens is 815 g/mol. The molecule has 0 aromatic rings. The Morgan fingerprint density at radius 1 is 0.424 bits per heavy atom. The Hall–Kier alpha value is -1.92. The number of aliphatic hydroxyl groups is 2. The predicted molar refractivity (Wildman–Crippen MR) is 287 cm³/mol. The molecule has 388 valence electrons. The van der Waals surface area contributed by atoms with Gasteiger partial charge in [0, 0.05) is 12.8 Å². The van der Waals surface area contributed by atoms with Crippen molar-refractivity contribution in [3.05, 3.63) is 36.5 Å². The second kappa shape index (κ2) is 55.7. The van der Waals surface area contributed by atoms with Crippen LogP contribution in [0.25, 0.3) is 0 Å². The summed E-state index contributed by atoms with van der Waals surface area (Å²) in [5.41, 5.74) is 0. The molecule has 1 amide bonds. The van der Waals surface area contributed by atoms with Crippen molar-refractivity contribution in [1.29, 1.82) is 0 Å². The van der Waals surface area contributed by atoms with Crippen LogP contribution in [0.4, 0.5) is 0 Å². The van der Waals surface area contributed by atoms with E-state index >= 15 is 0 Å². The third-order valence-corrected chi connectivity index (χ3v) is 13.4. The number of nitrogens with one attached hydrogen (secondary N) is 1. The molecule has 0 heterocycles. The second-order valence-electron chi connectivity index (χ2n) is 20.0. The smallest absolute Gasteiger partial charge is 0.305 e. The van der Waals surface area contributed by atoms with E-state index in [-0.39, 0.29) is 18.5 Å². The first-order valence-corrected chi connectivity index (χ1v) is 29.2. The van der Waals surface area contributed by atoms with E-state index in [9.17, 15) is 19.8 Å². The predicted octanol–water partition coefficient (Wildman–Crippen LogP) is 18.0. The number of aliphatic hydroxyl groups excluding tert-OH is 2. The maximum atomic E-state index is 12.5. The van der Waals surface area contributed by atoms with Gasteiger partial charge in [0.2, 0.25) is 5.91 Å². The van der Waals surface area contributed by atoms with Crippen LogP contribution in [-0.4, -0.2) is 47.4 Å². The molecule has 0 saturated carbocycles. The monoisotopic (exact) mass is 928 g/mol. The minimum atomic E-state index is -0.683. The molecule has 0 radical (unpaired) electrons. The highest BCUT2D eigenvalue weighted by molar-refractivity contribution is 5.76. The van der Waals surface area contributed by atoms with Gasteiger partial charge < -0.3 is 20.3 Å². The topological polar surface area (TPSA) is 95.9 Å². The molecule has 0 rings (SSSR count). The van der Waals surface area contributed by atoms with E-state index in [0.717, 1.165) is 89.9 Å². The minimum Gasteiger partial charge on any atom is -0.466 e. The maximum Gasteiger partial charge on any atom is 0.305 e. The Kier molecular flexibility index (Phi) is 54.1. The molecule has 0 saturated heterocycles. The van der Waals surface area contributed by atoms with Crippen LogP contribution in [0.15, 0.2) is 36.5 Å². The van der Waals surface area contributed by atoms with Crippen molar-refractivity contribution in [3.63, 3.8) is 0 Å². The molecule has 3 N–H and O–H groups in total. The number of ether oxygens (including phenoxy) is 1. The summed E-state index contributed by atoms with van der Waals surface area (Å²) in [6.07, 6.45) is 68.5. The number of hydrogen-bond donors (Lipinski definition) is 3. The van der Waals surface area contributed by atoms with E-state index < -0.39 is 12.1 Å². The Morgan fingerprint density at radius 3 is 1.18 bits per heavy atom. The number of unbranched alkanes of at least 4 members (excludes halogenated alkanes) is 37. The number of carbonyl (C=O) groups is 2. The van der Waals surface area contributed by atoms with Crippen molar-refractivity contribution in [2.45, 2.75) is 321 Å². The summed E-state index contributed by atoms with van der Waals surface area (Å²) >= 11 is 0. The Labute approximate surface area is 411 Å². The lowest BCUT2D eigenvalue weighted by Crippen LogP contribution is -2.45. The molecule has 6 heteroatoms. The van der Waals surface area contributed by atoms with Crippen molar-refractivity contribution >= 4 is 11.9 Å². The van der Waals surface area contributed by atoms with Crippen molar-refractivity contribution in [2.75, 3.05) is 13.2 Å². The fourth-order valence-corrected chi connectivity index (χ4v) is 8.90. The van der Waals surface area contributed by atoms with Crippen LogP contribution in [0.1, 0.15) is 309 Å². The quantitative estimate of drug-likeness (QED) is 0.0321. The van der Waals surface area contributed by atoms with Crippen LogP contribution >= 0.6 is 0 Å². The van der Waals surface area contributed by atoms with Crippen LogP contribution < -0.4 is 5.32 Å². The standard InChI is InChI=1S/C60H113NO5/c1-3-5-7-9-11-13-15-17-19-21-22-23-24-25-26-28-32-36-40-44-48-52-58(63)57(56-62)61-59(64)53-49-45-41-37-33-30-31-35-39-43-47-51-55-66-60(65)54-50-46-42-38-34-29-27-20-18-16-14-12-10-8-6-4-2/h14,16,20,27,31,35,57-58,62-63H,3-13,15,17-19,21-26,28-30,32-34,36-56H2,1-2H3,(H,61,64)/b16-14-,27-20-,35-31-. The molecule has 66 heavy (non-hydrogen) atoms. The lowest BCUT2D eigenvalue weighted by atomic mass is 10.0. The van der Waals surface area contributed by atoms with E-state index in [4.69, 9.17) is 4.74 Å². The molecule has 0 aromatic heterocycles. The van der Waals surface area contributed by atoms with Gasteiger partial charge in [0.05, 0.1) is 25.4 Å². The van der Waals surface area contributed by atoms with Gasteiger partial charge in [0.25, 0.3) is 0 Å². The van der Waals surface area contributed by atoms with Gasteiger partial charge in [0.15, 0.2) is 0 Å². The first kappa shape index (κ1) is 64.1. The lowest BCUT2D eigenvalue weighted by molar-refractivity contribution is -0.143. The number of rotatable bonds is 54. The van der Waals surface area contributed by atoms with Crippen molar-refractivity contribution in [2.24, 2.45) is 0 Å². The van der Waals surface area contributed by atoms with Gasteiger partial charge in [0.1, 0.15) is 0 Å². The molecule has 0 aliphatic heterocycles. The largest absolute Gasteiger partial charge is 0.466 e. The first-order chi connectivity index (χ1) is 32.5. The van der Waals surface area contributed by atoms with Crippen LogP contribution in [0.2, 0.25) is 0 Å². The summed E-state index contributed by atoms with van der Waals surface area (Å²) < 4.78 is 5.45. The van der Waals surface area contributed by atoms with Gasteiger partial charge >= 0.3 is 5.97 Å². The van der Waals surface area contributed by atoms with Gasteiger partial charge in [-0.25, -0.2) is 0 Å². The molecule has 0 spiro atoms. The SMILES string of the molecule is CCCCCC/C=C\C/C=C\CCCCCCCC(=O)OCCCCC/C=C\CCCCCCCC(=O)NC(CO)C(O)CCCCCCCCCCCCCCCCCCCCCCC. The summed E-state index contributed by atoms with van der Waals surface area (Å²) in [5.74, 6) is -0.0954. The van der Waals surface area contributed by atoms with Gasteiger partial charge in [-0.1, -0.05) is 243 Å². The van der Waals surface area contributed by atoms with E-state index in [1.54, 1.807) is 0 Å². The number of amides is 1. The third kappa shape index (κ3) is 51.5. The van der Waals surface area contributed by atoms with Gasteiger partial charge in [-0.2, -0.15) is 0 Å². The highest BCUT2D eigenvalue weighted by Crippen LogP contribution is 2.17. The van der Waals surface area contributed by atoms with Gasteiger partial charge in [-0.05, 0) is 89.9 Å². The summed E-state index contributed by atoms with van der Waals surface area (Å²) in [7, 11) is 0. The van der Waals surface area contributed by atoms with E-state index in [0.29, 0.717) is 25.9 Å². The molecule has 2 unspecified atom stereocenters. The van der Waals surface area contributed by atoms with Gasteiger partial charge in [-0.15, -0.1) is 0 Å². The molecule has 2 atom stereocenters. The normalized spacial score (nSPS) is 12.8. The molecule has 0 bridgehead atoms. The first-order valence-electron chi connectivity index (χ1n) is 29.2. The highest BCUT2D eigenvalue weighted by atomic mass is 16.5. The second-order valence-corrected chi connectivity index (χ2v) is 20.0. The number of carbonyl (C=O) groups excluding carboxylic acids is 2. The maximum absolute atomic E-state index is 12.5. The fraction of sp³-hybridized carbons (Fsp3) is 0.867. The zero-order chi connectivity index (χ0) is 47.9. The Bertz CT molecular complexity index is 1070. The molecule has 0 aliphatic rings. The third-order valence-electron chi connectivity index (χ3n) is 13.4. The fourth-order valence-electron chi connectivity index (χ4n) is 8.90. The average molecular weight is 929 g/mol. The minimum absolute atomic E-state index is 0.0358. The van der Waals surface area contributed by atoms with Crippen molar-refractivity contribution < 1.29 is 24.5 Å². The van der Waals surface area contributed by atoms with Crippen molar-refractivity contribution in [3.8, 4) is 0 Å². The zero-order valence-corrected chi connectivity index (χ0v) is 44.2. The Morgan fingerprint density at radius 2 is 0.758 bits per heavy atom. The zero-order valence-electron chi connectivity index (χ0n) is 44.2. The summed E-state index contributed by atoms with van der Waals surface area (Å²) in [4.78, 5) is 24.5. The van der Waals surface area contributed by atoms with E-state index in [1.165, 1.54) is 186 Å². The summed E-state index contributed by atoms with van der Waals surface area (Å²) in [5, 5.41) is 23.3. The van der Waals surface area contributed by atoms with Gasteiger partial charge in [-0.3, -0.25) is 9.59 Å². The summed E-state index contributed by atoms with van der Waals surface area (Å²) in [6, 6.07) is -0.562. The molecule has 0 aromatic carbocycles. The number of allylic oxidation sites excluding steroid dienone is 6. The molecule has 0 fully saturated rings. The number of hydrogen-bond acceptors (Lipinski definition) is 5. The number of esters is 1. The molecule has 0 aliphatic carbocycles. The van der Waals surface area contributed by atoms with E-state index in [2.05, 4.69) is 55.6 Å². The average Bonchev–Trinajstić information content (AvgIpc) is 3.32. The van der Waals surface area contributed by atoms with Crippen LogP contribution in [0.3, 0.4) is 0 Å². The lowest BCUT2D eigenvalue weighted by Gasteiger charge is -2.22. The van der Waals surface area contributed by atoms with Crippen molar-refractivity contribution in [1.82, 2.24) is 5.32 Å². The molecular formula is C60H113NO5. The van der Waals surface area contributed by atoms with Crippen LogP contribution in [0, 0.1) is 0 Å². The Balaban J connectivity index is 3.51. The van der Waals surface area contributed by atoms with Crippen LogP contribution in [0.5, 0.6) is 0 Å². The summed E-state index contributed by atoms with van der Waals surface area (Å²) in [6.45, 7) is 4.88. The molecule has 6 nitrogen and oxygen atoms in total.